The summed E-state index contributed by atoms with van der Waals surface area (Å²) in [5.41, 5.74) is -1.91. The molecule has 3 fully saturated rings. The Morgan fingerprint density at radius 1 is 0.857 bits per heavy atom. The third kappa shape index (κ3) is 18.3. The topological polar surface area (TPSA) is 186 Å². The van der Waals surface area contributed by atoms with Crippen molar-refractivity contribution in [2.24, 2.45) is 17.8 Å². The van der Waals surface area contributed by atoms with E-state index in [1.165, 1.54) is 25.2 Å². The van der Waals surface area contributed by atoms with Crippen LogP contribution in [-0.4, -0.2) is 178 Å². The summed E-state index contributed by atoms with van der Waals surface area (Å²) in [4.78, 5) is 32.8. The van der Waals surface area contributed by atoms with Crippen LogP contribution < -0.4 is 0 Å². The van der Waals surface area contributed by atoms with E-state index in [0.717, 1.165) is 36.5 Å². The molecule has 77 heavy (non-hydrogen) atoms. The van der Waals surface area contributed by atoms with Crippen molar-refractivity contribution < 1.29 is 63.2 Å². The van der Waals surface area contributed by atoms with Gasteiger partial charge in [0.05, 0.1) is 47.6 Å². The maximum Gasteiger partial charge on any atom is 0.311 e. The quantitative estimate of drug-likeness (QED) is 0.0687. The standard InChI is InChI=1S/C60H98N2O13S2/c1-15-48-60(10,68)53(64)42(6)62(13)35-38(2)33-58(8,67)55(40(4)51(41(5)56(66)72-48)74-50-34-59(9,69-14)54(65)43(7)71-50)75-57-52(47(61(11)12)32-39(3)70-57)73-49(63)29-23-22-28-46(77-37-45-26-20-17-21-27-45)30-31-76-36-44-24-18-16-19-25-44/h16-21,24-27,38-43,46-48,50-55,57,64-65,67-68H,15,22-23,28-37H2,1-14H3/t38-,39-,40+,41-,42-,43+,46?,47+,48-,50+,51+,52?,53-,54+,55-,57+,58-,59-,60-/m1/s1. The van der Waals surface area contributed by atoms with Gasteiger partial charge in [-0.2, -0.15) is 23.5 Å². The zero-order valence-corrected chi connectivity index (χ0v) is 50.5. The zero-order valence-electron chi connectivity index (χ0n) is 48.9. The third-order valence-electron chi connectivity index (χ3n) is 16.6. The molecule has 19 atom stereocenters. The second kappa shape index (κ2) is 30.1. The SMILES string of the molecule is CC[C@H]1OC(=O)[C@H](C)[C@@H](O[C@H]2C[C@@](C)(OC)[C@@H](O)[C@H](C)O2)[C@H](C)[C@@H](O[C@@H]2O[C@H](C)C[C@H](N(C)C)C2OC(=O)CCCCC(CCSCc2ccccc2)SCc2ccccc2)[C@](C)(O)C[C@@H](C)CN(C)[C@H](C)[C@@H](O)[C@]1(C)O. The van der Waals surface area contributed by atoms with Crippen LogP contribution in [0.1, 0.15) is 138 Å². The predicted octanol–water partition coefficient (Wildman–Crippen LogP) is 8.64. The van der Waals surface area contributed by atoms with Crippen LogP contribution in [0.4, 0.5) is 0 Å². The van der Waals surface area contributed by atoms with Gasteiger partial charge < -0.3 is 63.4 Å². The van der Waals surface area contributed by atoms with Gasteiger partial charge >= 0.3 is 11.9 Å². The van der Waals surface area contributed by atoms with Gasteiger partial charge in [-0.3, -0.25) is 9.59 Å². The molecule has 0 radical (unpaired) electrons. The normalized spacial score (nSPS) is 37.6. The average Bonchev–Trinajstić information content (AvgIpc) is 3.41. The van der Waals surface area contributed by atoms with Crippen LogP contribution in [0.2, 0.25) is 0 Å². The van der Waals surface area contributed by atoms with Crippen molar-refractivity contribution in [3.63, 3.8) is 0 Å². The lowest BCUT2D eigenvalue weighted by molar-refractivity contribution is -0.319. The summed E-state index contributed by atoms with van der Waals surface area (Å²) in [5, 5.41) is 48.4. The highest BCUT2D eigenvalue weighted by atomic mass is 32.2. The van der Waals surface area contributed by atoms with Gasteiger partial charge in [0.1, 0.15) is 23.9 Å². The number of hydrogen-bond donors (Lipinski definition) is 4. The van der Waals surface area contributed by atoms with Gasteiger partial charge in [0.2, 0.25) is 0 Å². The first-order chi connectivity index (χ1) is 36.3. The number of benzene rings is 2. The first-order valence-electron chi connectivity index (χ1n) is 28.3. The van der Waals surface area contributed by atoms with Crippen LogP contribution in [-0.2, 0) is 54.3 Å². The molecule has 0 spiro atoms. The molecule has 15 nitrogen and oxygen atoms in total. The number of unbranched alkanes of at least 4 members (excludes halogenated alkanes) is 1. The molecule has 3 heterocycles. The van der Waals surface area contributed by atoms with Crippen LogP contribution in [0.5, 0.6) is 0 Å². The Balaban J connectivity index is 1.42. The van der Waals surface area contributed by atoms with Crippen molar-refractivity contribution in [2.45, 2.75) is 234 Å². The minimum absolute atomic E-state index is 0.106. The van der Waals surface area contributed by atoms with Crippen LogP contribution in [0.15, 0.2) is 60.7 Å². The summed E-state index contributed by atoms with van der Waals surface area (Å²) < 4.78 is 45.5. The maximum atomic E-state index is 14.6. The van der Waals surface area contributed by atoms with E-state index in [0.29, 0.717) is 24.6 Å². The first kappa shape index (κ1) is 65.5. The lowest BCUT2D eigenvalue weighted by Crippen LogP contribution is -2.61. The highest BCUT2D eigenvalue weighted by Crippen LogP contribution is 2.41. The largest absolute Gasteiger partial charge is 0.459 e. The second-order valence-electron chi connectivity index (χ2n) is 23.6. The van der Waals surface area contributed by atoms with Gasteiger partial charge in [-0.05, 0) is 131 Å². The van der Waals surface area contributed by atoms with Crippen LogP contribution in [0.25, 0.3) is 0 Å². The number of cyclic esters (lactones) is 1. The number of esters is 2. The van der Waals surface area contributed by atoms with E-state index in [1.54, 1.807) is 34.6 Å². The Labute approximate surface area is 470 Å². The smallest absolute Gasteiger partial charge is 0.311 e. The van der Waals surface area contributed by atoms with Gasteiger partial charge in [0, 0.05) is 55.2 Å². The first-order valence-corrected chi connectivity index (χ1v) is 30.5. The molecule has 3 aliphatic rings. The highest BCUT2D eigenvalue weighted by molar-refractivity contribution is 7.99. The fraction of sp³-hybridized carbons (Fsp3) is 0.767. The lowest BCUT2D eigenvalue weighted by Gasteiger charge is -2.49. The predicted molar refractivity (Wildman–Crippen MR) is 305 cm³/mol. The average molecular weight is 1120 g/mol. The van der Waals surface area contributed by atoms with Crippen molar-refractivity contribution in [1.82, 2.24) is 9.80 Å². The molecule has 0 amide bonds. The van der Waals surface area contributed by atoms with Gasteiger partial charge in [0.25, 0.3) is 0 Å². The van der Waals surface area contributed by atoms with Crippen molar-refractivity contribution in [3.8, 4) is 0 Å². The summed E-state index contributed by atoms with van der Waals surface area (Å²) in [6, 6.07) is 20.2. The Kier molecular flexibility index (Phi) is 25.6. The fourth-order valence-electron chi connectivity index (χ4n) is 11.8. The van der Waals surface area contributed by atoms with E-state index >= 15 is 0 Å². The second-order valence-corrected chi connectivity index (χ2v) is 26.0. The summed E-state index contributed by atoms with van der Waals surface area (Å²) in [5.74, 6) is -0.174. The number of thioether (sulfide) groups is 2. The number of nitrogens with zero attached hydrogens (tertiary/aromatic N) is 2. The molecular weight excluding hydrogens is 1020 g/mol. The molecule has 0 aliphatic carbocycles. The number of likely N-dealkylation sites (N-methyl/N-ethyl adjacent to an activating group) is 2. The number of carbonyl (C=O) groups excluding carboxylic acids is 2. The van der Waals surface area contributed by atoms with Crippen LogP contribution >= 0.6 is 23.5 Å². The number of aliphatic hydroxyl groups is 4. The molecule has 0 aromatic heterocycles. The Morgan fingerprint density at radius 2 is 1.49 bits per heavy atom. The Bertz CT molecular complexity index is 2060. The molecule has 3 aliphatic heterocycles. The van der Waals surface area contributed by atoms with E-state index in [2.05, 4.69) is 48.5 Å². The molecule has 2 aromatic rings. The van der Waals surface area contributed by atoms with Crippen molar-refractivity contribution >= 4 is 35.5 Å². The molecular formula is C60H98N2O13S2. The maximum absolute atomic E-state index is 14.6. The molecule has 0 saturated carbocycles. The molecule has 17 heteroatoms. The number of methoxy groups -OCH3 is 1. The molecule has 2 aromatic carbocycles. The van der Waals surface area contributed by atoms with Crippen molar-refractivity contribution in [1.29, 1.82) is 0 Å². The van der Waals surface area contributed by atoms with Crippen LogP contribution in [0.3, 0.4) is 0 Å². The highest BCUT2D eigenvalue weighted by Gasteiger charge is 2.53. The van der Waals surface area contributed by atoms with Crippen LogP contribution in [0, 0.1) is 17.8 Å². The Hall–Kier alpha value is -2.36. The Morgan fingerprint density at radius 3 is 2.10 bits per heavy atom. The lowest BCUT2D eigenvalue weighted by atomic mass is 9.77. The van der Waals surface area contributed by atoms with Gasteiger partial charge in [-0.15, -0.1) is 0 Å². The molecule has 4 N–H and O–H groups in total. The monoisotopic (exact) mass is 1120 g/mol. The van der Waals surface area contributed by atoms with E-state index in [9.17, 15) is 30.0 Å². The molecule has 438 valence electrons. The number of hydrogen-bond acceptors (Lipinski definition) is 17. The number of rotatable bonds is 21. The summed E-state index contributed by atoms with van der Waals surface area (Å²) in [6.07, 6.45) is -4.82. The van der Waals surface area contributed by atoms with E-state index < -0.39 is 96.0 Å². The van der Waals surface area contributed by atoms with Gasteiger partial charge in [0.15, 0.2) is 18.7 Å². The zero-order chi connectivity index (χ0) is 56.8. The summed E-state index contributed by atoms with van der Waals surface area (Å²) in [6.45, 7) is 18.2. The van der Waals surface area contributed by atoms with Crippen molar-refractivity contribution in [2.75, 3.05) is 40.6 Å². The fourth-order valence-corrected chi connectivity index (χ4v) is 14.2. The summed E-state index contributed by atoms with van der Waals surface area (Å²) in [7, 11) is 7.26. The number of ether oxygens (including phenoxy) is 7. The summed E-state index contributed by atoms with van der Waals surface area (Å²) >= 11 is 3.94. The van der Waals surface area contributed by atoms with Gasteiger partial charge in [-0.25, -0.2) is 0 Å². The third-order valence-corrected chi connectivity index (χ3v) is 19.1. The van der Waals surface area contributed by atoms with E-state index in [-0.39, 0.29) is 49.7 Å². The molecule has 5 rings (SSSR count). The van der Waals surface area contributed by atoms with E-state index in [1.807, 2.05) is 94.3 Å². The molecule has 0 bridgehead atoms. The van der Waals surface area contributed by atoms with E-state index in [4.69, 9.17) is 33.2 Å². The minimum Gasteiger partial charge on any atom is -0.459 e. The van der Waals surface area contributed by atoms with Crippen molar-refractivity contribution in [3.05, 3.63) is 71.8 Å². The number of carbonyl (C=O) groups is 2. The minimum atomic E-state index is -1.84. The number of aliphatic hydroxyl groups excluding tert-OH is 2. The van der Waals surface area contributed by atoms with Gasteiger partial charge in [-0.1, -0.05) is 87.9 Å². The molecule has 2 unspecified atom stereocenters. The molecule has 3 saturated heterocycles.